The summed E-state index contributed by atoms with van der Waals surface area (Å²) >= 11 is 6.40. The van der Waals surface area contributed by atoms with Crippen molar-refractivity contribution in [2.24, 2.45) is 0 Å². The zero-order valence-corrected chi connectivity index (χ0v) is 20.7. The van der Waals surface area contributed by atoms with Crippen LogP contribution in [0.3, 0.4) is 0 Å². The second kappa shape index (κ2) is 10.5. The third-order valence-electron chi connectivity index (χ3n) is 7.09. The highest BCUT2D eigenvalue weighted by Crippen LogP contribution is 2.29. The molecule has 0 spiro atoms. The number of ketones is 1. The highest BCUT2D eigenvalue weighted by atomic mass is 35.5. The van der Waals surface area contributed by atoms with Crippen LogP contribution in [0.1, 0.15) is 56.7 Å². The average molecular weight is 510 g/mol. The number of aryl methyl sites for hydroxylation is 1. The normalized spacial score (nSPS) is 20.4. The molecule has 3 aliphatic rings. The Hall–Kier alpha value is -3.07. The molecule has 2 aromatic rings. The number of ether oxygens (including phenoxy) is 1. The fourth-order valence-corrected chi connectivity index (χ4v) is 5.23. The molecule has 1 N–H and O–H groups in total. The standard InChI is InChI=1S/C27H28ClN3O5/c28-22-5-3-18(14-20(22)15-30-9-11-36-12-10-30)24(32)7-2-17-1-4-21-19(13-17)16-31(27(21)35)23-6-8-25(33)29-26(23)34/h1,3-5,13-14,23H,2,6-12,15-16H2,(H,29,33,34). The van der Waals surface area contributed by atoms with Gasteiger partial charge in [-0.25, -0.2) is 0 Å². The summed E-state index contributed by atoms with van der Waals surface area (Å²) < 4.78 is 5.40. The van der Waals surface area contributed by atoms with Crippen LogP contribution in [0.25, 0.3) is 0 Å². The van der Waals surface area contributed by atoms with Crippen LogP contribution in [0.2, 0.25) is 5.02 Å². The van der Waals surface area contributed by atoms with Crippen LogP contribution in [0.15, 0.2) is 36.4 Å². The van der Waals surface area contributed by atoms with Gasteiger partial charge in [0.05, 0.1) is 13.2 Å². The second-order valence-electron chi connectivity index (χ2n) is 9.51. The Morgan fingerprint density at radius 1 is 1.08 bits per heavy atom. The summed E-state index contributed by atoms with van der Waals surface area (Å²) in [4.78, 5) is 53.3. The maximum Gasteiger partial charge on any atom is 0.255 e. The van der Waals surface area contributed by atoms with E-state index < -0.39 is 11.9 Å². The van der Waals surface area contributed by atoms with E-state index >= 15 is 0 Å². The van der Waals surface area contributed by atoms with Crippen molar-refractivity contribution in [3.63, 3.8) is 0 Å². The summed E-state index contributed by atoms with van der Waals surface area (Å²) in [6.45, 7) is 4.10. The lowest BCUT2D eigenvalue weighted by Gasteiger charge is -2.29. The SMILES string of the molecule is O=C1CCC(N2Cc3cc(CCC(=O)c4ccc(Cl)c(CN5CCOCC5)c4)ccc3C2=O)C(=O)N1. The molecule has 2 fully saturated rings. The quantitative estimate of drug-likeness (QED) is 0.455. The number of morpholine rings is 1. The summed E-state index contributed by atoms with van der Waals surface area (Å²) in [5, 5.41) is 2.97. The van der Waals surface area contributed by atoms with Crippen LogP contribution >= 0.6 is 11.6 Å². The van der Waals surface area contributed by atoms with E-state index in [2.05, 4.69) is 10.2 Å². The average Bonchev–Trinajstić information content (AvgIpc) is 3.20. The zero-order chi connectivity index (χ0) is 25.2. The van der Waals surface area contributed by atoms with E-state index in [0.29, 0.717) is 61.7 Å². The molecule has 36 heavy (non-hydrogen) atoms. The Kier molecular flexibility index (Phi) is 7.18. The smallest absolute Gasteiger partial charge is 0.255 e. The minimum atomic E-state index is -0.635. The van der Waals surface area contributed by atoms with E-state index in [-0.39, 0.29) is 24.0 Å². The van der Waals surface area contributed by atoms with Crippen LogP contribution in [0.5, 0.6) is 0 Å². The number of piperidine rings is 1. The molecule has 0 saturated carbocycles. The van der Waals surface area contributed by atoms with Gasteiger partial charge in [0.2, 0.25) is 11.8 Å². The van der Waals surface area contributed by atoms with Crippen molar-refractivity contribution in [2.75, 3.05) is 26.3 Å². The van der Waals surface area contributed by atoms with Crippen LogP contribution in [0, 0.1) is 0 Å². The molecule has 0 aliphatic carbocycles. The van der Waals surface area contributed by atoms with E-state index in [0.717, 1.165) is 29.8 Å². The Labute approximate surface area is 214 Å². The number of carbonyl (C=O) groups is 4. The molecule has 8 nitrogen and oxygen atoms in total. The number of rotatable bonds is 7. The molecule has 2 aromatic carbocycles. The van der Waals surface area contributed by atoms with Crippen LogP contribution < -0.4 is 5.32 Å². The molecule has 1 atom stereocenters. The highest BCUT2D eigenvalue weighted by Gasteiger charge is 2.39. The molecule has 2 saturated heterocycles. The Morgan fingerprint density at radius 3 is 2.67 bits per heavy atom. The molecule has 9 heteroatoms. The van der Waals surface area contributed by atoms with Gasteiger partial charge in [0.15, 0.2) is 5.78 Å². The van der Waals surface area contributed by atoms with Gasteiger partial charge in [-0.05, 0) is 53.8 Å². The predicted octanol–water partition coefficient (Wildman–Crippen LogP) is 2.75. The molecule has 1 unspecified atom stereocenters. The summed E-state index contributed by atoms with van der Waals surface area (Å²) in [5.41, 5.74) is 3.95. The van der Waals surface area contributed by atoms with Gasteiger partial charge in [-0.1, -0.05) is 23.7 Å². The predicted molar refractivity (Wildman–Crippen MR) is 133 cm³/mol. The van der Waals surface area contributed by atoms with Crippen LogP contribution in [0.4, 0.5) is 0 Å². The van der Waals surface area contributed by atoms with Gasteiger partial charge in [0, 0.05) is 55.2 Å². The minimum Gasteiger partial charge on any atom is -0.379 e. The number of hydrogen-bond acceptors (Lipinski definition) is 6. The molecule has 3 heterocycles. The number of halogens is 1. The molecule has 3 amide bonds. The fraction of sp³-hybridized carbons (Fsp3) is 0.407. The van der Waals surface area contributed by atoms with E-state index in [1.807, 2.05) is 18.2 Å². The number of hydrogen-bond donors (Lipinski definition) is 1. The Bertz CT molecular complexity index is 1220. The van der Waals surface area contributed by atoms with E-state index in [9.17, 15) is 19.2 Å². The summed E-state index contributed by atoms with van der Waals surface area (Å²) in [7, 11) is 0. The molecular weight excluding hydrogens is 482 g/mol. The lowest BCUT2D eigenvalue weighted by molar-refractivity contribution is -0.136. The third-order valence-corrected chi connectivity index (χ3v) is 7.46. The molecule has 188 valence electrons. The van der Waals surface area contributed by atoms with Crippen molar-refractivity contribution in [1.29, 1.82) is 0 Å². The first-order valence-corrected chi connectivity index (χ1v) is 12.6. The number of fused-ring (bicyclic) bond motifs is 1. The number of carbonyl (C=O) groups excluding carboxylic acids is 4. The lowest BCUT2D eigenvalue weighted by Crippen LogP contribution is -2.52. The highest BCUT2D eigenvalue weighted by molar-refractivity contribution is 6.31. The number of amides is 3. The maximum atomic E-state index is 13.0. The molecule has 0 radical (unpaired) electrons. The summed E-state index contributed by atoms with van der Waals surface area (Å²) in [6, 6.07) is 10.4. The Balaban J connectivity index is 1.22. The van der Waals surface area contributed by atoms with Crippen LogP contribution in [-0.2, 0) is 33.8 Å². The number of Topliss-reactive ketones (excluding diaryl/α,β-unsaturated/α-hetero) is 1. The van der Waals surface area contributed by atoms with Crippen molar-refractivity contribution in [1.82, 2.24) is 15.1 Å². The van der Waals surface area contributed by atoms with E-state index in [4.69, 9.17) is 16.3 Å². The first kappa shape index (κ1) is 24.6. The van der Waals surface area contributed by atoms with Gasteiger partial charge < -0.3 is 9.64 Å². The van der Waals surface area contributed by atoms with Gasteiger partial charge >= 0.3 is 0 Å². The maximum absolute atomic E-state index is 13.0. The van der Waals surface area contributed by atoms with Crippen LogP contribution in [-0.4, -0.2) is 65.6 Å². The molecule has 0 aromatic heterocycles. The van der Waals surface area contributed by atoms with Crippen molar-refractivity contribution < 1.29 is 23.9 Å². The van der Waals surface area contributed by atoms with Gasteiger partial charge in [-0.3, -0.25) is 29.4 Å². The van der Waals surface area contributed by atoms with Crippen molar-refractivity contribution in [3.05, 3.63) is 69.2 Å². The zero-order valence-electron chi connectivity index (χ0n) is 19.9. The van der Waals surface area contributed by atoms with Crippen molar-refractivity contribution >= 4 is 35.1 Å². The molecule has 5 rings (SSSR count). The topological polar surface area (TPSA) is 96.0 Å². The summed E-state index contributed by atoms with van der Waals surface area (Å²) in [5.74, 6) is -0.886. The number of benzene rings is 2. The first-order chi connectivity index (χ1) is 17.4. The summed E-state index contributed by atoms with van der Waals surface area (Å²) in [6.07, 6.45) is 1.44. The van der Waals surface area contributed by atoms with Crippen molar-refractivity contribution in [2.45, 2.75) is 44.8 Å². The lowest BCUT2D eigenvalue weighted by atomic mass is 9.98. The third kappa shape index (κ3) is 5.21. The fourth-order valence-electron chi connectivity index (χ4n) is 5.06. The van der Waals surface area contributed by atoms with Gasteiger partial charge in [0.25, 0.3) is 5.91 Å². The largest absolute Gasteiger partial charge is 0.379 e. The monoisotopic (exact) mass is 509 g/mol. The molecule has 3 aliphatic heterocycles. The van der Waals surface area contributed by atoms with Gasteiger partial charge in [-0.15, -0.1) is 0 Å². The van der Waals surface area contributed by atoms with E-state index in [1.165, 1.54) is 4.90 Å². The number of nitrogens with one attached hydrogen (secondary N) is 1. The van der Waals surface area contributed by atoms with Gasteiger partial charge in [-0.2, -0.15) is 0 Å². The minimum absolute atomic E-state index is 0.0386. The van der Waals surface area contributed by atoms with Crippen molar-refractivity contribution in [3.8, 4) is 0 Å². The Morgan fingerprint density at radius 2 is 1.89 bits per heavy atom. The molecular formula is C27H28ClN3O5. The van der Waals surface area contributed by atoms with Gasteiger partial charge in [0.1, 0.15) is 6.04 Å². The first-order valence-electron chi connectivity index (χ1n) is 12.3. The number of nitrogens with zero attached hydrogens (tertiary/aromatic N) is 2. The molecule has 0 bridgehead atoms. The van der Waals surface area contributed by atoms with E-state index in [1.54, 1.807) is 18.2 Å². The number of imide groups is 1. The second-order valence-corrected chi connectivity index (χ2v) is 9.92.